The average Bonchev–Trinajstić information content (AvgIpc) is 2.35. The van der Waals surface area contributed by atoms with Crippen LogP contribution in [0.3, 0.4) is 0 Å². The third-order valence-corrected chi connectivity index (χ3v) is 4.02. The van der Waals surface area contributed by atoms with Gasteiger partial charge in [0.2, 0.25) is 0 Å². The zero-order valence-electron chi connectivity index (χ0n) is 10.5. The van der Waals surface area contributed by atoms with Crippen LogP contribution in [-0.4, -0.2) is 12.1 Å². The molecule has 0 aliphatic heterocycles. The lowest BCUT2D eigenvalue weighted by Crippen LogP contribution is -2.28. The standard InChI is InChI=1S/C14H18BrNO2/c1-9-4-2-3-5-13(9)18-14(17)11-8-10(15)6-7-12(11)16/h6-9,13H,2-5,16H2,1H3. The quantitative estimate of drug-likeness (QED) is 0.668. The summed E-state index contributed by atoms with van der Waals surface area (Å²) in [5.74, 6) is 0.128. The Morgan fingerprint density at radius 1 is 1.39 bits per heavy atom. The van der Waals surface area contributed by atoms with E-state index in [9.17, 15) is 4.79 Å². The highest BCUT2D eigenvalue weighted by Crippen LogP contribution is 2.28. The monoisotopic (exact) mass is 311 g/mol. The van der Waals surface area contributed by atoms with E-state index in [4.69, 9.17) is 10.5 Å². The van der Waals surface area contributed by atoms with Crippen molar-refractivity contribution in [2.45, 2.75) is 38.7 Å². The first-order valence-electron chi connectivity index (χ1n) is 6.34. The molecule has 98 valence electrons. The van der Waals surface area contributed by atoms with Crippen molar-refractivity contribution in [2.75, 3.05) is 5.73 Å². The zero-order chi connectivity index (χ0) is 13.1. The van der Waals surface area contributed by atoms with Gasteiger partial charge in [0.05, 0.1) is 5.56 Å². The molecule has 3 nitrogen and oxygen atoms in total. The molecule has 1 aromatic carbocycles. The Balaban J connectivity index is 2.09. The van der Waals surface area contributed by atoms with Crippen LogP contribution in [0.15, 0.2) is 22.7 Å². The topological polar surface area (TPSA) is 52.3 Å². The van der Waals surface area contributed by atoms with Gasteiger partial charge in [0.25, 0.3) is 0 Å². The van der Waals surface area contributed by atoms with E-state index in [-0.39, 0.29) is 12.1 Å². The SMILES string of the molecule is CC1CCCCC1OC(=O)c1cc(Br)ccc1N. The van der Waals surface area contributed by atoms with Crippen LogP contribution in [0.25, 0.3) is 0 Å². The Morgan fingerprint density at radius 2 is 2.11 bits per heavy atom. The van der Waals surface area contributed by atoms with Crippen LogP contribution in [-0.2, 0) is 4.74 Å². The molecule has 0 bridgehead atoms. The highest BCUT2D eigenvalue weighted by molar-refractivity contribution is 9.10. The number of carbonyl (C=O) groups excluding carboxylic acids is 1. The number of nitrogen functional groups attached to an aromatic ring is 1. The molecular formula is C14H18BrNO2. The Labute approximate surface area is 116 Å². The number of hydrogen-bond acceptors (Lipinski definition) is 3. The fourth-order valence-corrected chi connectivity index (χ4v) is 2.72. The lowest BCUT2D eigenvalue weighted by molar-refractivity contribution is 0.00492. The molecule has 2 rings (SSSR count). The van der Waals surface area contributed by atoms with Gasteiger partial charge in [-0.25, -0.2) is 4.79 Å². The average molecular weight is 312 g/mol. The van der Waals surface area contributed by atoms with Crippen LogP contribution in [0.5, 0.6) is 0 Å². The predicted molar refractivity (Wildman–Crippen MR) is 75.4 cm³/mol. The van der Waals surface area contributed by atoms with E-state index < -0.39 is 0 Å². The van der Waals surface area contributed by atoms with E-state index in [2.05, 4.69) is 22.9 Å². The van der Waals surface area contributed by atoms with Gasteiger partial charge in [0.1, 0.15) is 6.10 Å². The van der Waals surface area contributed by atoms with Gasteiger partial charge in [-0.3, -0.25) is 0 Å². The number of anilines is 1. The molecule has 1 aliphatic rings. The summed E-state index contributed by atoms with van der Waals surface area (Å²) in [6, 6.07) is 5.24. The van der Waals surface area contributed by atoms with E-state index in [0.717, 1.165) is 23.7 Å². The molecule has 1 fully saturated rings. The summed E-state index contributed by atoms with van der Waals surface area (Å²) < 4.78 is 6.42. The van der Waals surface area contributed by atoms with E-state index in [1.54, 1.807) is 12.1 Å². The highest BCUT2D eigenvalue weighted by Gasteiger charge is 2.25. The largest absolute Gasteiger partial charge is 0.458 e. The fourth-order valence-electron chi connectivity index (χ4n) is 2.36. The van der Waals surface area contributed by atoms with Gasteiger partial charge in [0, 0.05) is 10.2 Å². The summed E-state index contributed by atoms with van der Waals surface area (Å²) in [4.78, 5) is 12.1. The Bertz CT molecular complexity index is 447. The smallest absolute Gasteiger partial charge is 0.340 e. The highest BCUT2D eigenvalue weighted by atomic mass is 79.9. The first kappa shape index (κ1) is 13.4. The lowest BCUT2D eigenvalue weighted by atomic mass is 9.88. The first-order valence-corrected chi connectivity index (χ1v) is 7.13. The van der Waals surface area contributed by atoms with Crippen LogP contribution in [0.2, 0.25) is 0 Å². The molecule has 0 amide bonds. The molecule has 0 heterocycles. The maximum Gasteiger partial charge on any atom is 0.340 e. The molecule has 0 aromatic heterocycles. The molecule has 1 aliphatic carbocycles. The molecule has 0 radical (unpaired) electrons. The number of esters is 1. The number of ether oxygens (including phenoxy) is 1. The second-order valence-electron chi connectivity index (χ2n) is 4.94. The summed E-state index contributed by atoms with van der Waals surface area (Å²) in [6.45, 7) is 2.14. The van der Waals surface area contributed by atoms with Gasteiger partial charge >= 0.3 is 5.97 Å². The van der Waals surface area contributed by atoms with E-state index in [1.165, 1.54) is 6.42 Å². The maximum absolute atomic E-state index is 12.1. The summed E-state index contributed by atoms with van der Waals surface area (Å²) in [5.41, 5.74) is 6.72. The van der Waals surface area contributed by atoms with Crippen molar-refractivity contribution in [3.63, 3.8) is 0 Å². The minimum atomic E-state index is -0.312. The van der Waals surface area contributed by atoms with E-state index in [1.807, 2.05) is 6.07 Å². The van der Waals surface area contributed by atoms with Crippen molar-refractivity contribution in [3.8, 4) is 0 Å². The molecule has 0 spiro atoms. The predicted octanol–water partition coefficient (Wildman–Crippen LogP) is 3.77. The van der Waals surface area contributed by atoms with Crippen molar-refractivity contribution in [1.82, 2.24) is 0 Å². The number of halogens is 1. The molecular weight excluding hydrogens is 294 g/mol. The molecule has 4 heteroatoms. The third-order valence-electron chi connectivity index (χ3n) is 3.53. The Hall–Kier alpha value is -1.03. The third kappa shape index (κ3) is 3.05. The Kier molecular flexibility index (Phi) is 4.27. The summed E-state index contributed by atoms with van der Waals surface area (Å²) >= 11 is 3.34. The first-order chi connectivity index (χ1) is 8.58. The minimum Gasteiger partial charge on any atom is -0.458 e. The molecule has 2 atom stereocenters. The Morgan fingerprint density at radius 3 is 2.83 bits per heavy atom. The zero-order valence-corrected chi connectivity index (χ0v) is 12.1. The molecule has 2 unspecified atom stereocenters. The van der Waals surface area contributed by atoms with Crippen molar-refractivity contribution in [1.29, 1.82) is 0 Å². The van der Waals surface area contributed by atoms with Crippen LogP contribution < -0.4 is 5.73 Å². The van der Waals surface area contributed by atoms with Gasteiger partial charge in [-0.15, -0.1) is 0 Å². The maximum atomic E-state index is 12.1. The van der Waals surface area contributed by atoms with Gasteiger partial charge in [-0.2, -0.15) is 0 Å². The molecule has 2 N–H and O–H groups in total. The number of nitrogens with two attached hydrogens (primary N) is 1. The second kappa shape index (κ2) is 5.74. The van der Waals surface area contributed by atoms with Gasteiger partial charge < -0.3 is 10.5 Å². The normalized spacial score (nSPS) is 23.7. The van der Waals surface area contributed by atoms with Crippen molar-refractivity contribution in [3.05, 3.63) is 28.2 Å². The number of carbonyl (C=O) groups is 1. The van der Waals surface area contributed by atoms with Crippen LogP contribution in [0.4, 0.5) is 5.69 Å². The van der Waals surface area contributed by atoms with Crippen molar-refractivity contribution < 1.29 is 9.53 Å². The lowest BCUT2D eigenvalue weighted by Gasteiger charge is -2.28. The molecule has 0 saturated heterocycles. The molecule has 1 saturated carbocycles. The fraction of sp³-hybridized carbons (Fsp3) is 0.500. The summed E-state index contributed by atoms with van der Waals surface area (Å²) in [7, 11) is 0. The number of hydrogen-bond donors (Lipinski definition) is 1. The summed E-state index contributed by atoms with van der Waals surface area (Å²) in [6.07, 6.45) is 4.49. The van der Waals surface area contributed by atoms with E-state index >= 15 is 0 Å². The van der Waals surface area contributed by atoms with Gasteiger partial charge in [-0.1, -0.05) is 29.3 Å². The van der Waals surface area contributed by atoms with Gasteiger partial charge in [0.15, 0.2) is 0 Å². The number of benzene rings is 1. The van der Waals surface area contributed by atoms with Crippen molar-refractivity contribution in [2.24, 2.45) is 5.92 Å². The van der Waals surface area contributed by atoms with E-state index in [0.29, 0.717) is 17.2 Å². The minimum absolute atomic E-state index is 0.0321. The molecule has 18 heavy (non-hydrogen) atoms. The molecule has 1 aromatic rings. The van der Waals surface area contributed by atoms with Gasteiger partial charge in [-0.05, 0) is 43.4 Å². The van der Waals surface area contributed by atoms with Crippen LogP contribution in [0.1, 0.15) is 43.0 Å². The number of rotatable bonds is 2. The summed E-state index contributed by atoms with van der Waals surface area (Å²) in [5, 5.41) is 0. The second-order valence-corrected chi connectivity index (χ2v) is 5.85. The van der Waals surface area contributed by atoms with Crippen LogP contribution >= 0.6 is 15.9 Å². The van der Waals surface area contributed by atoms with Crippen molar-refractivity contribution >= 4 is 27.6 Å². The van der Waals surface area contributed by atoms with Crippen LogP contribution in [0, 0.1) is 5.92 Å².